The van der Waals surface area contributed by atoms with Gasteiger partial charge in [0.25, 0.3) is 5.56 Å². The number of hydrogen-bond donors (Lipinski definition) is 0. The van der Waals surface area contributed by atoms with Gasteiger partial charge in [-0.2, -0.15) is 0 Å². The van der Waals surface area contributed by atoms with E-state index in [1.165, 1.54) is 12.1 Å². The van der Waals surface area contributed by atoms with Gasteiger partial charge in [-0.15, -0.1) is 0 Å². The lowest BCUT2D eigenvalue weighted by atomic mass is 10.0. The number of hydrogen-bond acceptors (Lipinski definition) is 4. The van der Waals surface area contributed by atoms with Gasteiger partial charge in [0.05, 0.1) is 27.8 Å². The van der Waals surface area contributed by atoms with Gasteiger partial charge in [-0.1, -0.05) is 24.3 Å². The molecule has 0 spiro atoms. The zero-order chi connectivity index (χ0) is 22.2. The summed E-state index contributed by atoms with van der Waals surface area (Å²) in [6, 6.07) is 21.5. The van der Waals surface area contributed by atoms with Crippen molar-refractivity contribution in [2.75, 3.05) is 14.1 Å². The van der Waals surface area contributed by atoms with E-state index in [4.69, 9.17) is 4.98 Å². The summed E-state index contributed by atoms with van der Waals surface area (Å²) in [4.78, 5) is 24.5. The molecule has 0 bridgehead atoms. The Kier molecular flexibility index (Phi) is 4.99. The first-order chi connectivity index (χ1) is 15.5. The Morgan fingerprint density at radius 1 is 0.875 bits per heavy atom. The van der Waals surface area contributed by atoms with Crippen molar-refractivity contribution in [3.05, 3.63) is 101 Å². The van der Waals surface area contributed by atoms with Crippen molar-refractivity contribution in [2.24, 2.45) is 0 Å². The number of aromatic nitrogens is 3. The molecule has 5 nitrogen and oxygen atoms in total. The van der Waals surface area contributed by atoms with Crippen molar-refractivity contribution in [3.8, 4) is 16.8 Å². The molecule has 0 radical (unpaired) electrons. The molecule has 2 heterocycles. The molecule has 0 saturated heterocycles. The maximum absolute atomic E-state index is 13.2. The van der Waals surface area contributed by atoms with Crippen LogP contribution in [-0.2, 0) is 6.54 Å². The van der Waals surface area contributed by atoms with E-state index in [-0.39, 0.29) is 11.4 Å². The highest BCUT2D eigenvalue weighted by Crippen LogP contribution is 2.23. The van der Waals surface area contributed by atoms with Crippen molar-refractivity contribution < 1.29 is 4.39 Å². The third-order valence-electron chi connectivity index (χ3n) is 5.42. The summed E-state index contributed by atoms with van der Waals surface area (Å²) in [6.07, 6.45) is 1.55. The van der Waals surface area contributed by atoms with Crippen LogP contribution in [-0.4, -0.2) is 33.5 Å². The Balaban J connectivity index is 1.54. The summed E-state index contributed by atoms with van der Waals surface area (Å²) in [6.45, 7) is 0.769. The second-order valence-electron chi connectivity index (χ2n) is 8.08. The van der Waals surface area contributed by atoms with Gasteiger partial charge in [-0.3, -0.25) is 14.3 Å². The zero-order valence-corrected chi connectivity index (χ0v) is 17.8. The van der Waals surface area contributed by atoms with Gasteiger partial charge in [0.15, 0.2) is 0 Å². The van der Waals surface area contributed by atoms with Crippen LogP contribution in [0.4, 0.5) is 4.39 Å². The number of benzene rings is 3. The van der Waals surface area contributed by atoms with E-state index in [0.29, 0.717) is 10.9 Å². The molecule has 0 atom stereocenters. The number of rotatable bonds is 4. The Hall–Kier alpha value is -3.90. The summed E-state index contributed by atoms with van der Waals surface area (Å²) in [7, 11) is 4.02. The third kappa shape index (κ3) is 3.76. The number of halogens is 1. The summed E-state index contributed by atoms with van der Waals surface area (Å²) < 4.78 is 14.8. The quantitative estimate of drug-likeness (QED) is 0.416. The van der Waals surface area contributed by atoms with Gasteiger partial charge < -0.3 is 4.90 Å². The molecule has 0 fully saturated rings. The molecule has 0 saturated carbocycles. The van der Waals surface area contributed by atoms with E-state index in [1.807, 2.05) is 56.6 Å². The first-order valence-electron chi connectivity index (χ1n) is 10.3. The SMILES string of the molecule is CN(C)Cc1ccc2cc(-n3cnc4cc(-c5ccc(F)cc5)ccc4c3=O)ccc2n1. The van der Waals surface area contributed by atoms with Gasteiger partial charge >= 0.3 is 0 Å². The van der Waals surface area contributed by atoms with Gasteiger partial charge in [0, 0.05) is 11.9 Å². The Labute approximate surface area is 184 Å². The normalized spacial score (nSPS) is 11.5. The van der Waals surface area contributed by atoms with Crippen LogP contribution in [0.1, 0.15) is 5.69 Å². The van der Waals surface area contributed by atoms with Crippen molar-refractivity contribution in [1.82, 2.24) is 19.4 Å². The smallest absolute Gasteiger partial charge is 0.265 e. The third-order valence-corrected chi connectivity index (χ3v) is 5.42. The van der Waals surface area contributed by atoms with E-state index >= 15 is 0 Å². The van der Waals surface area contributed by atoms with Crippen molar-refractivity contribution in [1.29, 1.82) is 0 Å². The second kappa shape index (κ2) is 7.98. The molecule has 5 aromatic rings. The lowest BCUT2D eigenvalue weighted by Crippen LogP contribution is -2.18. The molecule has 0 amide bonds. The largest absolute Gasteiger partial charge is 0.304 e. The van der Waals surface area contributed by atoms with Crippen LogP contribution in [0.15, 0.2) is 83.9 Å². The van der Waals surface area contributed by atoms with Crippen LogP contribution >= 0.6 is 0 Å². The summed E-state index contributed by atoms with van der Waals surface area (Å²) in [5.41, 5.74) is 4.83. The van der Waals surface area contributed by atoms with Gasteiger partial charge in [-0.05, 0) is 73.8 Å². The molecular formula is C26H21FN4O. The fraction of sp³-hybridized carbons (Fsp3) is 0.115. The lowest BCUT2D eigenvalue weighted by Gasteiger charge is -2.11. The molecule has 0 unspecified atom stereocenters. The van der Waals surface area contributed by atoms with Crippen molar-refractivity contribution in [2.45, 2.75) is 6.54 Å². The molecule has 0 aliphatic rings. The second-order valence-corrected chi connectivity index (χ2v) is 8.08. The predicted molar refractivity (Wildman–Crippen MR) is 125 cm³/mol. The highest BCUT2D eigenvalue weighted by Gasteiger charge is 2.09. The molecule has 6 heteroatoms. The van der Waals surface area contributed by atoms with Crippen LogP contribution in [0.5, 0.6) is 0 Å². The van der Waals surface area contributed by atoms with E-state index in [2.05, 4.69) is 9.88 Å². The first-order valence-corrected chi connectivity index (χ1v) is 10.3. The lowest BCUT2D eigenvalue weighted by molar-refractivity contribution is 0.397. The fourth-order valence-electron chi connectivity index (χ4n) is 3.84. The van der Waals surface area contributed by atoms with Crippen LogP contribution in [0, 0.1) is 5.82 Å². The average Bonchev–Trinajstić information content (AvgIpc) is 2.79. The van der Waals surface area contributed by atoms with E-state index in [1.54, 1.807) is 29.1 Å². The summed E-state index contributed by atoms with van der Waals surface area (Å²) >= 11 is 0. The minimum Gasteiger partial charge on any atom is -0.304 e. The summed E-state index contributed by atoms with van der Waals surface area (Å²) in [5.74, 6) is -0.282. The molecule has 0 aliphatic heterocycles. The molecular weight excluding hydrogens is 403 g/mol. The van der Waals surface area contributed by atoms with Crippen LogP contribution in [0.3, 0.4) is 0 Å². The van der Waals surface area contributed by atoms with E-state index < -0.39 is 0 Å². The minimum absolute atomic E-state index is 0.141. The highest BCUT2D eigenvalue weighted by molar-refractivity contribution is 5.84. The molecule has 32 heavy (non-hydrogen) atoms. The molecule has 0 N–H and O–H groups in total. The van der Waals surface area contributed by atoms with E-state index in [0.717, 1.165) is 40.0 Å². The highest BCUT2D eigenvalue weighted by atomic mass is 19.1. The van der Waals surface area contributed by atoms with Gasteiger partial charge in [0.2, 0.25) is 0 Å². The van der Waals surface area contributed by atoms with Gasteiger partial charge in [-0.25, -0.2) is 9.37 Å². The molecule has 0 aliphatic carbocycles. The van der Waals surface area contributed by atoms with Crippen LogP contribution in [0.25, 0.3) is 38.6 Å². The standard InChI is InChI=1S/C26H21FN4O/c1-30(2)15-21-9-5-19-13-22(10-12-24(19)29-21)31-16-28-25-14-18(6-11-23(25)26(31)32)17-3-7-20(27)8-4-17/h3-14,16H,15H2,1-2H3. The molecule has 158 valence electrons. The maximum atomic E-state index is 13.2. The van der Waals surface area contributed by atoms with E-state index in [9.17, 15) is 9.18 Å². The number of nitrogens with zero attached hydrogens (tertiary/aromatic N) is 4. The number of pyridine rings is 1. The molecule has 5 rings (SSSR count). The topological polar surface area (TPSA) is 51.0 Å². The molecule has 2 aromatic heterocycles. The maximum Gasteiger partial charge on any atom is 0.265 e. The number of fused-ring (bicyclic) bond motifs is 2. The Bertz CT molecular complexity index is 1510. The first kappa shape index (κ1) is 20.0. The van der Waals surface area contributed by atoms with Crippen molar-refractivity contribution in [3.63, 3.8) is 0 Å². The zero-order valence-electron chi connectivity index (χ0n) is 17.8. The fourth-order valence-corrected chi connectivity index (χ4v) is 3.84. The average molecular weight is 424 g/mol. The van der Waals surface area contributed by atoms with Crippen LogP contribution < -0.4 is 5.56 Å². The summed E-state index contributed by atoms with van der Waals surface area (Å²) in [5, 5.41) is 1.49. The predicted octanol–water partition coefficient (Wildman–Crippen LogP) is 4.80. The van der Waals surface area contributed by atoms with Crippen molar-refractivity contribution >= 4 is 21.8 Å². The van der Waals surface area contributed by atoms with Gasteiger partial charge in [0.1, 0.15) is 12.1 Å². The monoisotopic (exact) mass is 424 g/mol. The molecule has 3 aromatic carbocycles. The van der Waals surface area contributed by atoms with Crippen LogP contribution in [0.2, 0.25) is 0 Å². The minimum atomic E-state index is -0.282. The Morgan fingerprint density at radius 2 is 1.66 bits per heavy atom. The Morgan fingerprint density at radius 3 is 2.44 bits per heavy atom.